The molecule has 16 heavy (non-hydrogen) atoms. The van der Waals surface area contributed by atoms with Gasteiger partial charge in [0.05, 0.1) is 11.9 Å². The van der Waals surface area contributed by atoms with Gasteiger partial charge in [0.15, 0.2) is 0 Å². The lowest BCUT2D eigenvalue weighted by molar-refractivity contribution is 0.529. The van der Waals surface area contributed by atoms with Gasteiger partial charge >= 0.3 is 0 Å². The smallest absolute Gasteiger partial charge is 0.147 e. The van der Waals surface area contributed by atoms with E-state index in [1.54, 1.807) is 10.9 Å². The predicted octanol–water partition coefficient (Wildman–Crippen LogP) is 0.505. The molecule has 0 aromatic carbocycles. The first-order valence-electron chi connectivity index (χ1n) is 5.32. The average molecular weight is 245 g/mol. The second kappa shape index (κ2) is 5.45. The molecule has 0 aliphatic carbocycles. The Labute approximate surface area is 96.8 Å². The Morgan fingerprint density at radius 3 is 2.69 bits per heavy atom. The molecule has 1 atom stereocenters. The van der Waals surface area contributed by atoms with E-state index >= 15 is 0 Å². The van der Waals surface area contributed by atoms with Crippen LogP contribution in [0.15, 0.2) is 12.4 Å². The van der Waals surface area contributed by atoms with E-state index in [4.69, 9.17) is 0 Å². The fraction of sp³-hybridized carbons (Fsp3) is 0.700. The maximum atomic E-state index is 11.1. The second-order valence-corrected chi connectivity index (χ2v) is 6.24. The van der Waals surface area contributed by atoms with Crippen LogP contribution in [0.25, 0.3) is 0 Å². The normalized spacial score (nSPS) is 13.9. The maximum Gasteiger partial charge on any atom is 0.147 e. The van der Waals surface area contributed by atoms with Crippen LogP contribution in [0.4, 0.5) is 0 Å². The van der Waals surface area contributed by atoms with E-state index in [2.05, 4.69) is 10.4 Å². The highest BCUT2D eigenvalue weighted by atomic mass is 32.2. The first-order chi connectivity index (χ1) is 7.42. The molecule has 0 saturated carbocycles. The molecule has 1 aromatic rings. The SMILES string of the molecule is CCNC(CCS(C)(=O)=O)c1cnn(C)c1. The molecule has 1 heterocycles. The third-order valence-electron chi connectivity index (χ3n) is 2.36. The monoisotopic (exact) mass is 245 g/mol. The molecule has 0 saturated heterocycles. The molecule has 0 radical (unpaired) electrons. The quantitative estimate of drug-likeness (QED) is 0.793. The second-order valence-electron chi connectivity index (χ2n) is 3.98. The van der Waals surface area contributed by atoms with Gasteiger partial charge in [0.1, 0.15) is 9.84 Å². The number of rotatable bonds is 6. The molecule has 1 aromatic heterocycles. The van der Waals surface area contributed by atoms with Crippen molar-refractivity contribution in [1.29, 1.82) is 0 Å². The minimum absolute atomic E-state index is 0.0634. The van der Waals surface area contributed by atoms with Crippen molar-refractivity contribution in [3.63, 3.8) is 0 Å². The van der Waals surface area contributed by atoms with Crippen LogP contribution in [-0.4, -0.2) is 36.8 Å². The van der Waals surface area contributed by atoms with Crippen LogP contribution < -0.4 is 5.32 Å². The van der Waals surface area contributed by atoms with Gasteiger partial charge in [-0.15, -0.1) is 0 Å². The average Bonchev–Trinajstić information content (AvgIpc) is 2.57. The highest BCUT2D eigenvalue weighted by Crippen LogP contribution is 2.16. The summed E-state index contributed by atoms with van der Waals surface area (Å²) in [7, 11) is -1.06. The van der Waals surface area contributed by atoms with E-state index in [1.165, 1.54) is 6.26 Å². The van der Waals surface area contributed by atoms with E-state index in [9.17, 15) is 8.42 Å². The summed E-state index contributed by atoms with van der Waals surface area (Å²) in [6, 6.07) is 0.0634. The minimum Gasteiger partial charge on any atom is -0.310 e. The molecule has 1 N–H and O–H groups in total. The molecule has 0 fully saturated rings. The van der Waals surface area contributed by atoms with E-state index in [1.807, 2.05) is 20.2 Å². The predicted molar refractivity (Wildman–Crippen MR) is 64.0 cm³/mol. The van der Waals surface area contributed by atoms with Gasteiger partial charge in [0, 0.05) is 31.1 Å². The standard InChI is InChI=1S/C10H19N3O2S/c1-4-11-10(5-6-16(3,14)15)9-7-12-13(2)8-9/h7-8,10-11H,4-6H2,1-3H3. The van der Waals surface area contributed by atoms with E-state index in [0.717, 1.165) is 12.1 Å². The fourth-order valence-corrected chi connectivity index (χ4v) is 2.25. The Morgan fingerprint density at radius 1 is 1.56 bits per heavy atom. The summed E-state index contributed by atoms with van der Waals surface area (Å²) in [6.07, 6.45) is 5.53. The third-order valence-corrected chi connectivity index (χ3v) is 3.33. The van der Waals surface area contributed by atoms with Gasteiger partial charge in [-0.05, 0) is 13.0 Å². The van der Waals surface area contributed by atoms with Gasteiger partial charge in [0.2, 0.25) is 0 Å². The van der Waals surface area contributed by atoms with Crippen molar-refractivity contribution in [2.75, 3.05) is 18.6 Å². The van der Waals surface area contributed by atoms with Gasteiger partial charge in [-0.25, -0.2) is 8.42 Å². The third kappa shape index (κ3) is 4.32. The number of aromatic nitrogens is 2. The molecule has 0 bridgehead atoms. The first-order valence-corrected chi connectivity index (χ1v) is 7.38. The van der Waals surface area contributed by atoms with Crippen LogP contribution in [0.1, 0.15) is 24.9 Å². The van der Waals surface area contributed by atoms with E-state index in [-0.39, 0.29) is 11.8 Å². The number of sulfone groups is 1. The van der Waals surface area contributed by atoms with Gasteiger partial charge < -0.3 is 5.32 Å². The number of hydrogen-bond acceptors (Lipinski definition) is 4. The largest absolute Gasteiger partial charge is 0.310 e. The highest BCUT2D eigenvalue weighted by Gasteiger charge is 2.14. The number of nitrogens with zero attached hydrogens (tertiary/aromatic N) is 2. The van der Waals surface area contributed by atoms with Gasteiger partial charge in [0.25, 0.3) is 0 Å². The highest BCUT2D eigenvalue weighted by molar-refractivity contribution is 7.90. The van der Waals surface area contributed by atoms with Crippen molar-refractivity contribution in [3.8, 4) is 0 Å². The molecule has 6 heteroatoms. The van der Waals surface area contributed by atoms with Crippen molar-refractivity contribution in [3.05, 3.63) is 18.0 Å². The summed E-state index contributed by atoms with van der Waals surface area (Å²) in [5.41, 5.74) is 1.04. The Balaban J connectivity index is 2.68. The summed E-state index contributed by atoms with van der Waals surface area (Å²) >= 11 is 0. The van der Waals surface area contributed by atoms with Crippen LogP contribution in [0.2, 0.25) is 0 Å². The van der Waals surface area contributed by atoms with Crippen LogP contribution >= 0.6 is 0 Å². The van der Waals surface area contributed by atoms with Gasteiger partial charge in [-0.1, -0.05) is 6.92 Å². The zero-order valence-corrected chi connectivity index (χ0v) is 10.8. The van der Waals surface area contributed by atoms with E-state index in [0.29, 0.717) is 6.42 Å². The molecule has 1 unspecified atom stereocenters. The lowest BCUT2D eigenvalue weighted by Gasteiger charge is -2.15. The van der Waals surface area contributed by atoms with Crippen LogP contribution in [0.5, 0.6) is 0 Å². The molecule has 0 aliphatic heterocycles. The summed E-state index contributed by atoms with van der Waals surface area (Å²) in [6.45, 7) is 2.81. The Morgan fingerprint density at radius 2 is 2.25 bits per heavy atom. The Bertz CT molecular complexity index is 425. The fourth-order valence-electron chi connectivity index (χ4n) is 1.58. The zero-order valence-electron chi connectivity index (χ0n) is 9.97. The number of nitrogens with one attached hydrogen (secondary N) is 1. The summed E-state index contributed by atoms with van der Waals surface area (Å²) in [5, 5.41) is 7.36. The topological polar surface area (TPSA) is 64.0 Å². The minimum atomic E-state index is -2.91. The van der Waals surface area contributed by atoms with Gasteiger partial charge in [-0.2, -0.15) is 5.10 Å². The van der Waals surface area contributed by atoms with Crippen molar-refractivity contribution in [1.82, 2.24) is 15.1 Å². The van der Waals surface area contributed by atoms with Crippen molar-refractivity contribution in [2.45, 2.75) is 19.4 Å². The summed E-state index contributed by atoms with van der Waals surface area (Å²) in [5.74, 6) is 0.194. The van der Waals surface area contributed by atoms with Crippen molar-refractivity contribution >= 4 is 9.84 Å². The van der Waals surface area contributed by atoms with E-state index < -0.39 is 9.84 Å². The first kappa shape index (κ1) is 13.2. The van der Waals surface area contributed by atoms with Gasteiger partial charge in [-0.3, -0.25) is 4.68 Å². The molecule has 92 valence electrons. The van der Waals surface area contributed by atoms with Crippen molar-refractivity contribution < 1.29 is 8.42 Å². The Hall–Kier alpha value is -0.880. The molecule has 0 spiro atoms. The molecule has 1 rings (SSSR count). The van der Waals surface area contributed by atoms with Crippen molar-refractivity contribution in [2.24, 2.45) is 7.05 Å². The molecule has 0 amide bonds. The summed E-state index contributed by atoms with van der Waals surface area (Å²) < 4.78 is 24.0. The maximum absolute atomic E-state index is 11.1. The lowest BCUT2D eigenvalue weighted by Crippen LogP contribution is -2.23. The molecule has 5 nitrogen and oxygen atoms in total. The van der Waals surface area contributed by atoms with Crippen LogP contribution in [-0.2, 0) is 16.9 Å². The zero-order chi connectivity index (χ0) is 12.2. The summed E-state index contributed by atoms with van der Waals surface area (Å²) in [4.78, 5) is 0. The molecular weight excluding hydrogens is 226 g/mol. The molecular formula is C10H19N3O2S. The number of hydrogen-bond donors (Lipinski definition) is 1. The van der Waals surface area contributed by atoms with Crippen LogP contribution in [0, 0.1) is 0 Å². The lowest BCUT2D eigenvalue weighted by atomic mass is 10.1. The number of aryl methyl sites for hydroxylation is 1. The van der Waals surface area contributed by atoms with Crippen LogP contribution in [0.3, 0.4) is 0 Å². The molecule has 0 aliphatic rings. The Kier molecular flexibility index (Phi) is 4.49.